The number of ketones is 2. The van der Waals surface area contributed by atoms with E-state index in [2.05, 4.69) is 37.3 Å². The summed E-state index contributed by atoms with van der Waals surface area (Å²) >= 11 is 0. The van der Waals surface area contributed by atoms with Crippen molar-refractivity contribution in [2.75, 3.05) is 0 Å². The summed E-state index contributed by atoms with van der Waals surface area (Å²) in [6.07, 6.45) is 0. The lowest BCUT2D eigenvalue weighted by Crippen LogP contribution is -2.11. The highest BCUT2D eigenvalue weighted by molar-refractivity contribution is 6.17. The van der Waals surface area contributed by atoms with Crippen molar-refractivity contribution in [3.8, 4) is 33.4 Å². The molecule has 2 heteroatoms. The Hall–Kier alpha value is -6.12. The van der Waals surface area contributed by atoms with E-state index in [0.29, 0.717) is 22.3 Å². The first-order chi connectivity index (χ1) is 23.6. The first-order valence-electron chi connectivity index (χ1n) is 16.3. The van der Waals surface area contributed by atoms with Gasteiger partial charge in [-0.15, -0.1) is 0 Å². The van der Waals surface area contributed by atoms with Crippen LogP contribution in [0, 0.1) is 0 Å². The van der Waals surface area contributed by atoms with Crippen LogP contribution in [0.25, 0.3) is 33.4 Å². The third-order valence-electron chi connectivity index (χ3n) is 9.00. The highest BCUT2D eigenvalue weighted by Gasteiger charge is 2.23. The Morgan fingerprint density at radius 3 is 1.21 bits per heavy atom. The predicted molar refractivity (Wildman–Crippen MR) is 196 cm³/mol. The summed E-state index contributed by atoms with van der Waals surface area (Å²) in [4.78, 5) is 29.1. The van der Waals surface area contributed by atoms with Gasteiger partial charge in [-0.2, -0.15) is 0 Å². The minimum atomic E-state index is -0.120. The molecule has 0 radical (unpaired) electrons. The maximum atomic E-state index is 14.5. The number of rotatable bonds is 9. The van der Waals surface area contributed by atoms with Crippen molar-refractivity contribution in [2.24, 2.45) is 0 Å². The van der Waals surface area contributed by atoms with Crippen molar-refractivity contribution in [1.29, 1.82) is 0 Å². The van der Waals surface area contributed by atoms with Crippen molar-refractivity contribution >= 4 is 11.6 Å². The van der Waals surface area contributed by atoms with E-state index in [4.69, 9.17) is 0 Å². The van der Waals surface area contributed by atoms with E-state index in [1.54, 1.807) is 6.07 Å². The summed E-state index contributed by atoms with van der Waals surface area (Å²) in [6.45, 7) is 2.15. The molecule has 7 rings (SSSR count). The third-order valence-corrected chi connectivity index (χ3v) is 9.00. The normalized spacial score (nSPS) is 11.5. The number of carbonyl (C=O) groups excluding carboxylic acids is 2. The first-order valence-corrected chi connectivity index (χ1v) is 16.3. The molecule has 2 nitrogen and oxygen atoms in total. The topological polar surface area (TPSA) is 34.1 Å². The zero-order valence-corrected chi connectivity index (χ0v) is 26.7. The summed E-state index contributed by atoms with van der Waals surface area (Å²) in [5.74, 6) is -0.343. The fraction of sp³-hybridized carbons (Fsp3) is 0.0435. The summed E-state index contributed by atoms with van der Waals surface area (Å²) in [5, 5.41) is 0. The molecule has 0 heterocycles. The van der Waals surface area contributed by atoms with E-state index < -0.39 is 0 Å². The van der Waals surface area contributed by atoms with Crippen LogP contribution >= 0.6 is 0 Å². The van der Waals surface area contributed by atoms with Crippen molar-refractivity contribution in [2.45, 2.75) is 12.8 Å². The van der Waals surface area contributed by atoms with E-state index in [9.17, 15) is 9.59 Å². The highest BCUT2D eigenvalue weighted by atomic mass is 16.1. The molecule has 0 saturated carbocycles. The van der Waals surface area contributed by atoms with Crippen LogP contribution in [0.3, 0.4) is 0 Å². The second-order valence-corrected chi connectivity index (χ2v) is 12.0. The van der Waals surface area contributed by atoms with Crippen molar-refractivity contribution in [1.82, 2.24) is 0 Å². The maximum absolute atomic E-state index is 14.5. The van der Waals surface area contributed by atoms with Crippen LogP contribution in [0.15, 0.2) is 182 Å². The summed E-state index contributed by atoms with van der Waals surface area (Å²) in [6, 6.07) is 59.7. The largest absolute Gasteiger partial charge is 0.289 e. The monoisotopic (exact) mass is 618 g/mol. The molecule has 0 fully saturated rings. The van der Waals surface area contributed by atoms with Crippen LogP contribution in [0.5, 0.6) is 0 Å². The molecular weight excluding hydrogens is 585 g/mol. The molecule has 0 aliphatic carbocycles. The molecule has 48 heavy (non-hydrogen) atoms. The van der Waals surface area contributed by atoms with E-state index in [-0.39, 0.29) is 17.5 Å². The first kappa shape index (κ1) is 30.5. The van der Waals surface area contributed by atoms with Crippen LogP contribution in [0.2, 0.25) is 0 Å². The van der Waals surface area contributed by atoms with Gasteiger partial charge in [0.1, 0.15) is 0 Å². The van der Waals surface area contributed by atoms with Gasteiger partial charge < -0.3 is 0 Å². The molecule has 0 aromatic heterocycles. The van der Waals surface area contributed by atoms with Gasteiger partial charge in [0.05, 0.1) is 0 Å². The van der Waals surface area contributed by atoms with E-state index in [1.807, 2.05) is 146 Å². The van der Waals surface area contributed by atoms with Crippen LogP contribution < -0.4 is 0 Å². The van der Waals surface area contributed by atoms with Crippen LogP contribution in [0.1, 0.15) is 55.8 Å². The Kier molecular flexibility index (Phi) is 8.72. The molecule has 0 aliphatic rings. The fourth-order valence-corrected chi connectivity index (χ4v) is 6.51. The molecule has 7 aromatic rings. The van der Waals surface area contributed by atoms with Crippen LogP contribution in [-0.2, 0) is 0 Å². The van der Waals surface area contributed by atoms with E-state index in [1.165, 1.54) is 0 Å². The molecular formula is C46H34O2. The summed E-state index contributed by atoms with van der Waals surface area (Å²) < 4.78 is 0. The Labute approximate surface area is 282 Å². The van der Waals surface area contributed by atoms with Crippen LogP contribution in [0.4, 0.5) is 0 Å². The lowest BCUT2D eigenvalue weighted by molar-refractivity contribution is 0.103. The molecule has 230 valence electrons. The van der Waals surface area contributed by atoms with Gasteiger partial charge in [-0.25, -0.2) is 0 Å². The number of hydrogen-bond donors (Lipinski definition) is 0. The van der Waals surface area contributed by atoms with Crippen molar-refractivity contribution < 1.29 is 9.59 Å². The summed E-state index contributed by atoms with van der Waals surface area (Å²) in [5.41, 5.74) is 10.1. The molecule has 0 amide bonds. The van der Waals surface area contributed by atoms with Gasteiger partial charge in [0.25, 0.3) is 0 Å². The quantitative estimate of drug-likeness (QED) is 0.151. The molecule has 0 aliphatic heterocycles. The molecule has 1 atom stereocenters. The Bertz CT molecular complexity index is 2100. The zero-order valence-electron chi connectivity index (χ0n) is 26.7. The van der Waals surface area contributed by atoms with Crippen LogP contribution in [-0.4, -0.2) is 11.6 Å². The predicted octanol–water partition coefficient (Wildman–Crippen LogP) is 11.3. The molecule has 0 spiro atoms. The van der Waals surface area contributed by atoms with Gasteiger partial charge >= 0.3 is 0 Å². The lowest BCUT2D eigenvalue weighted by Gasteiger charge is -2.20. The van der Waals surface area contributed by atoms with Crippen molar-refractivity contribution in [3.63, 3.8) is 0 Å². The van der Waals surface area contributed by atoms with Crippen molar-refractivity contribution in [3.05, 3.63) is 215 Å². The number of hydrogen-bond acceptors (Lipinski definition) is 2. The molecule has 1 unspecified atom stereocenters. The highest BCUT2D eigenvalue weighted by Crippen LogP contribution is 2.36. The zero-order chi connectivity index (χ0) is 32.9. The van der Waals surface area contributed by atoms with E-state index in [0.717, 1.165) is 44.5 Å². The average Bonchev–Trinajstić information content (AvgIpc) is 3.18. The molecule has 0 N–H and O–H groups in total. The number of carbonyl (C=O) groups is 2. The van der Waals surface area contributed by atoms with Gasteiger partial charge in [-0.1, -0.05) is 171 Å². The second-order valence-electron chi connectivity index (χ2n) is 12.0. The van der Waals surface area contributed by atoms with Gasteiger partial charge in [-0.3, -0.25) is 9.59 Å². The average molecular weight is 619 g/mol. The standard InChI is InChI=1S/C46H34O2/c1-32(39-23-11-12-24-40(39)33-17-5-2-6-18-33)36-29-37(45(47)43-27-15-13-25-41(43)34-19-7-3-8-20-34)31-38(30-36)46(48)44-28-16-14-26-42(44)35-21-9-4-10-22-35/h2-32H,1H3. The maximum Gasteiger partial charge on any atom is 0.193 e. The smallest absolute Gasteiger partial charge is 0.193 e. The Morgan fingerprint density at radius 2 is 0.750 bits per heavy atom. The molecule has 0 saturated heterocycles. The summed E-state index contributed by atoms with van der Waals surface area (Å²) in [7, 11) is 0. The third kappa shape index (κ3) is 6.17. The van der Waals surface area contributed by atoms with Gasteiger partial charge in [0.15, 0.2) is 11.6 Å². The number of benzene rings is 7. The lowest BCUT2D eigenvalue weighted by atomic mass is 9.83. The van der Waals surface area contributed by atoms with Gasteiger partial charge in [0, 0.05) is 28.2 Å². The SMILES string of the molecule is CC(c1cc(C(=O)c2ccccc2-c2ccccc2)cc(C(=O)c2ccccc2-c2ccccc2)c1)c1ccccc1-c1ccccc1. The Morgan fingerprint density at radius 1 is 0.396 bits per heavy atom. The second kappa shape index (κ2) is 13.7. The van der Waals surface area contributed by atoms with Gasteiger partial charge in [-0.05, 0) is 62.7 Å². The molecule has 0 bridgehead atoms. The fourth-order valence-electron chi connectivity index (χ4n) is 6.51. The molecule has 7 aromatic carbocycles. The minimum Gasteiger partial charge on any atom is -0.289 e. The van der Waals surface area contributed by atoms with Gasteiger partial charge in [0.2, 0.25) is 0 Å². The Balaban J connectivity index is 1.39. The van der Waals surface area contributed by atoms with E-state index >= 15 is 0 Å². The minimum absolute atomic E-state index is 0.102.